The van der Waals surface area contributed by atoms with E-state index in [2.05, 4.69) is 11.8 Å². The number of anilines is 1. The molecule has 1 fully saturated rings. The van der Waals surface area contributed by atoms with Crippen LogP contribution >= 0.6 is 0 Å². The lowest BCUT2D eigenvalue weighted by Gasteiger charge is -2.36. The lowest BCUT2D eigenvalue weighted by atomic mass is 10.1. The zero-order valence-electron chi connectivity index (χ0n) is 18.4. The molecule has 0 spiro atoms. The second-order valence-corrected chi connectivity index (χ2v) is 8.30. The van der Waals surface area contributed by atoms with Gasteiger partial charge in [-0.25, -0.2) is 4.98 Å². The molecule has 5 heterocycles. The van der Waals surface area contributed by atoms with E-state index >= 15 is 0 Å². The lowest BCUT2D eigenvalue weighted by molar-refractivity contribution is 0.0745. The maximum absolute atomic E-state index is 12.7. The van der Waals surface area contributed by atoms with Crippen LogP contribution in [0.1, 0.15) is 21.6 Å². The van der Waals surface area contributed by atoms with Gasteiger partial charge in [0.15, 0.2) is 17.1 Å². The fourth-order valence-electron chi connectivity index (χ4n) is 4.44. The van der Waals surface area contributed by atoms with Crippen LogP contribution < -0.4 is 14.4 Å². The molecule has 0 atom stereocenters. The van der Waals surface area contributed by atoms with E-state index in [1.54, 1.807) is 6.07 Å². The second-order valence-electron chi connectivity index (χ2n) is 8.30. The highest BCUT2D eigenvalue weighted by Gasteiger charge is 2.26. The van der Waals surface area contributed by atoms with Crippen molar-refractivity contribution in [3.63, 3.8) is 0 Å². The van der Waals surface area contributed by atoms with E-state index in [0.29, 0.717) is 31.7 Å². The predicted molar refractivity (Wildman–Crippen MR) is 121 cm³/mol. The highest BCUT2D eigenvalue weighted by molar-refractivity contribution is 5.94. The number of aryl methyl sites for hydroxylation is 1. The molecule has 168 valence electrons. The number of aromatic nitrogens is 3. The van der Waals surface area contributed by atoms with Gasteiger partial charge in [-0.15, -0.1) is 0 Å². The van der Waals surface area contributed by atoms with Crippen molar-refractivity contribution >= 4 is 17.4 Å². The lowest BCUT2D eigenvalue weighted by Crippen LogP contribution is -2.49. The quantitative estimate of drug-likeness (QED) is 0.478. The van der Waals surface area contributed by atoms with Crippen molar-refractivity contribution in [2.24, 2.45) is 0 Å². The molecule has 9 heteroatoms. The monoisotopic (exact) mass is 445 g/mol. The van der Waals surface area contributed by atoms with E-state index in [1.165, 1.54) is 12.5 Å². The summed E-state index contributed by atoms with van der Waals surface area (Å²) >= 11 is 0. The third-order valence-corrected chi connectivity index (χ3v) is 6.35. The van der Waals surface area contributed by atoms with Gasteiger partial charge >= 0.3 is 0 Å². The van der Waals surface area contributed by atoms with Crippen LogP contribution in [0.2, 0.25) is 0 Å². The number of furan rings is 1. The summed E-state index contributed by atoms with van der Waals surface area (Å²) in [7, 11) is 0. The van der Waals surface area contributed by atoms with Crippen LogP contribution in [-0.4, -0.2) is 58.4 Å². The minimum Gasteiger partial charge on any atom is -0.472 e. The Morgan fingerprint density at radius 2 is 1.82 bits per heavy atom. The number of carbonyl (C=O) groups is 1. The average molecular weight is 445 g/mol. The summed E-state index contributed by atoms with van der Waals surface area (Å²) in [6, 6.07) is 9.53. The maximum Gasteiger partial charge on any atom is 0.257 e. The van der Waals surface area contributed by atoms with Gasteiger partial charge < -0.3 is 23.7 Å². The Labute approximate surface area is 190 Å². The zero-order valence-corrected chi connectivity index (χ0v) is 18.4. The van der Waals surface area contributed by atoms with Crippen molar-refractivity contribution in [3.05, 3.63) is 59.7 Å². The van der Waals surface area contributed by atoms with Crippen LogP contribution in [0.3, 0.4) is 0 Å². The molecule has 0 aliphatic carbocycles. The van der Waals surface area contributed by atoms with E-state index in [4.69, 9.17) is 24.0 Å². The molecule has 0 saturated carbocycles. The number of piperazine rings is 1. The summed E-state index contributed by atoms with van der Waals surface area (Å²) in [6.07, 6.45) is 3.02. The first-order valence-electron chi connectivity index (χ1n) is 10.9. The van der Waals surface area contributed by atoms with Gasteiger partial charge in [0.25, 0.3) is 5.91 Å². The van der Waals surface area contributed by atoms with Crippen molar-refractivity contribution in [3.8, 4) is 22.8 Å². The Morgan fingerprint density at radius 3 is 2.61 bits per heavy atom. The van der Waals surface area contributed by atoms with E-state index in [9.17, 15) is 4.79 Å². The maximum atomic E-state index is 12.7. The molecular weight excluding hydrogens is 422 g/mol. The highest BCUT2D eigenvalue weighted by atomic mass is 16.7. The summed E-state index contributed by atoms with van der Waals surface area (Å²) < 4.78 is 17.9. The van der Waals surface area contributed by atoms with Gasteiger partial charge in [-0.1, -0.05) is 0 Å². The second kappa shape index (κ2) is 7.54. The molecule has 1 amide bonds. The number of benzene rings is 1. The SMILES string of the molecule is Cc1nc2cc(-c3ccc4c(c3)OCO4)nn2c(N2CCN(C(=O)c3ccoc3)CC2)c1C. The van der Waals surface area contributed by atoms with Gasteiger partial charge in [0.1, 0.15) is 12.1 Å². The zero-order chi connectivity index (χ0) is 22.5. The summed E-state index contributed by atoms with van der Waals surface area (Å²) in [4.78, 5) is 21.6. The van der Waals surface area contributed by atoms with Gasteiger partial charge in [0.2, 0.25) is 6.79 Å². The van der Waals surface area contributed by atoms with Crippen LogP contribution in [-0.2, 0) is 0 Å². The molecule has 6 rings (SSSR count). The summed E-state index contributed by atoms with van der Waals surface area (Å²) in [5.41, 5.74) is 5.19. The van der Waals surface area contributed by atoms with Crippen LogP contribution in [0.15, 0.2) is 47.3 Å². The van der Waals surface area contributed by atoms with Gasteiger partial charge in [0.05, 0.1) is 17.5 Å². The van der Waals surface area contributed by atoms with E-state index < -0.39 is 0 Å². The normalized spacial score (nSPS) is 15.5. The summed E-state index contributed by atoms with van der Waals surface area (Å²) in [6.45, 7) is 7.01. The van der Waals surface area contributed by atoms with Gasteiger partial charge in [-0.05, 0) is 38.1 Å². The third-order valence-electron chi connectivity index (χ3n) is 6.35. The minimum atomic E-state index is 0.000335. The molecule has 0 radical (unpaired) electrons. The molecule has 0 unspecified atom stereocenters. The Kier molecular flexibility index (Phi) is 4.49. The molecule has 9 nitrogen and oxygen atoms in total. The Bertz CT molecular complexity index is 1350. The van der Waals surface area contributed by atoms with E-state index in [-0.39, 0.29) is 12.7 Å². The number of hydrogen-bond acceptors (Lipinski definition) is 7. The minimum absolute atomic E-state index is 0.000335. The molecule has 2 aliphatic heterocycles. The Hall–Kier alpha value is -4.01. The van der Waals surface area contributed by atoms with E-state index in [0.717, 1.165) is 45.5 Å². The standard InChI is InChI=1S/C24H23N5O4/c1-15-16(2)25-22-12-19(17-3-4-20-21(11-17)33-14-32-20)26-29(22)23(15)27-6-8-28(9-7-27)24(30)18-5-10-31-13-18/h3-5,10-13H,6-9,14H2,1-2H3. The topological polar surface area (TPSA) is 85.3 Å². The van der Waals surface area contributed by atoms with Crippen molar-refractivity contribution in [1.82, 2.24) is 19.5 Å². The first kappa shape index (κ1) is 19.7. The number of hydrogen-bond donors (Lipinski definition) is 0. The van der Waals surface area contributed by atoms with Crippen LogP contribution in [0.25, 0.3) is 16.9 Å². The first-order valence-corrected chi connectivity index (χ1v) is 10.9. The molecule has 3 aromatic heterocycles. The molecule has 2 aliphatic rings. The van der Waals surface area contributed by atoms with Gasteiger partial charge in [-0.3, -0.25) is 4.79 Å². The largest absolute Gasteiger partial charge is 0.472 e. The summed E-state index contributed by atoms with van der Waals surface area (Å²) in [5, 5.41) is 4.90. The van der Waals surface area contributed by atoms with Gasteiger partial charge in [0, 0.05) is 49.1 Å². The number of nitrogens with zero attached hydrogens (tertiary/aromatic N) is 5. The molecule has 33 heavy (non-hydrogen) atoms. The predicted octanol–water partition coefficient (Wildman–Crippen LogP) is 3.30. The molecule has 1 aromatic carbocycles. The number of rotatable bonds is 3. The van der Waals surface area contributed by atoms with Crippen molar-refractivity contribution in [2.45, 2.75) is 13.8 Å². The average Bonchev–Trinajstić information content (AvgIpc) is 3.59. The van der Waals surface area contributed by atoms with Crippen molar-refractivity contribution < 1.29 is 18.7 Å². The number of carbonyl (C=O) groups excluding carboxylic acids is 1. The Morgan fingerprint density at radius 1 is 1.00 bits per heavy atom. The first-order chi connectivity index (χ1) is 16.1. The molecular formula is C24H23N5O4. The smallest absolute Gasteiger partial charge is 0.257 e. The summed E-state index contributed by atoms with van der Waals surface area (Å²) in [5.74, 6) is 2.49. The Balaban J connectivity index is 1.32. The van der Waals surface area contributed by atoms with Crippen LogP contribution in [0.4, 0.5) is 5.82 Å². The number of ether oxygens (including phenoxy) is 2. The molecule has 1 saturated heterocycles. The van der Waals surface area contributed by atoms with Crippen molar-refractivity contribution in [2.75, 3.05) is 37.9 Å². The van der Waals surface area contributed by atoms with Crippen LogP contribution in [0.5, 0.6) is 11.5 Å². The van der Waals surface area contributed by atoms with Crippen molar-refractivity contribution in [1.29, 1.82) is 0 Å². The highest BCUT2D eigenvalue weighted by Crippen LogP contribution is 2.36. The fraction of sp³-hybridized carbons (Fsp3) is 0.292. The number of amides is 1. The third kappa shape index (κ3) is 3.27. The van der Waals surface area contributed by atoms with E-state index in [1.807, 2.05) is 40.6 Å². The molecule has 4 aromatic rings. The number of fused-ring (bicyclic) bond motifs is 2. The molecule has 0 bridgehead atoms. The van der Waals surface area contributed by atoms with Crippen LogP contribution in [0, 0.1) is 13.8 Å². The van der Waals surface area contributed by atoms with Gasteiger partial charge in [-0.2, -0.15) is 9.61 Å². The fourth-order valence-corrected chi connectivity index (χ4v) is 4.44. The molecule has 0 N–H and O–H groups in total.